The van der Waals surface area contributed by atoms with E-state index in [1.807, 2.05) is 4.90 Å². The van der Waals surface area contributed by atoms with Crippen LogP contribution in [0.4, 0.5) is 0 Å². The maximum absolute atomic E-state index is 12.5. The molecule has 2 aliphatic rings. The van der Waals surface area contributed by atoms with Crippen LogP contribution in [0.25, 0.3) is 0 Å². The predicted molar refractivity (Wildman–Crippen MR) is 75.8 cm³/mol. The molecule has 1 unspecified atom stereocenters. The minimum Gasteiger partial charge on any atom is -0.380 e. The van der Waals surface area contributed by atoms with Crippen LogP contribution in [0.5, 0.6) is 0 Å². The van der Waals surface area contributed by atoms with Crippen LogP contribution < -0.4 is 5.32 Å². The van der Waals surface area contributed by atoms with Gasteiger partial charge in [-0.15, -0.1) is 0 Å². The highest BCUT2D eigenvalue weighted by molar-refractivity contribution is 5.89. The van der Waals surface area contributed by atoms with Gasteiger partial charge < -0.3 is 9.64 Å². The molecule has 1 amide bonds. The van der Waals surface area contributed by atoms with E-state index in [9.17, 15) is 4.79 Å². The summed E-state index contributed by atoms with van der Waals surface area (Å²) in [6.07, 6.45) is 5.58. The van der Waals surface area contributed by atoms with E-state index in [2.05, 4.69) is 26.1 Å². The van der Waals surface area contributed by atoms with Gasteiger partial charge in [0.25, 0.3) is 0 Å². The van der Waals surface area contributed by atoms with Crippen molar-refractivity contribution in [3.63, 3.8) is 0 Å². The maximum atomic E-state index is 12.5. The lowest BCUT2D eigenvalue weighted by Gasteiger charge is -2.22. The fraction of sp³-hybridized carbons (Fsp3) is 0.933. The first kappa shape index (κ1) is 14.8. The molecule has 1 saturated heterocycles. The molecule has 4 heteroatoms. The number of nitrogens with one attached hydrogen (secondary N) is 1. The third-order valence-electron chi connectivity index (χ3n) is 4.40. The summed E-state index contributed by atoms with van der Waals surface area (Å²) in [5.41, 5.74) is -0.239. The molecule has 0 radical (unpaired) electrons. The SMILES string of the molecule is CC(C)CCOCCN1C(=O)C2(CCCC2)NC1C. The summed E-state index contributed by atoms with van der Waals surface area (Å²) in [5.74, 6) is 0.973. The van der Waals surface area contributed by atoms with Crippen molar-refractivity contribution in [2.45, 2.75) is 64.6 Å². The first-order chi connectivity index (χ1) is 9.05. The number of hydrogen-bond acceptors (Lipinski definition) is 3. The summed E-state index contributed by atoms with van der Waals surface area (Å²) in [4.78, 5) is 14.5. The molecule has 2 fully saturated rings. The molecular formula is C15H28N2O2. The van der Waals surface area contributed by atoms with E-state index in [0.29, 0.717) is 25.0 Å². The van der Waals surface area contributed by atoms with Gasteiger partial charge >= 0.3 is 0 Å². The standard InChI is InChI=1S/C15H28N2O2/c1-12(2)6-10-19-11-9-17-13(3)16-15(14(17)18)7-4-5-8-15/h12-13,16H,4-11H2,1-3H3. The molecule has 1 spiro atoms. The van der Waals surface area contributed by atoms with E-state index in [4.69, 9.17) is 4.74 Å². The van der Waals surface area contributed by atoms with Crippen molar-refractivity contribution in [3.8, 4) is 0 Å². The average Bonchev–Trinajstić information content (AvgIpc) is 2.89. The Morgan fingerprint density at radius 3 is 2.68 bits per heavy atom. The zero-order valence-electron chi connectivity index (χ0n) is 12.6. The molecule has 4 nitrogen and oxygen atoms in total. The zero-order chi connectivity index (χ0) is 13.9. The van der Waals surface area contributed by atoms with Gasteiger partial charge in [-0.2, -0.15) is 0 Å². The maximum Gasteiger partial charge on any atom is 0.244 e. The normalized spacial score (nSPS) is 26.0. The molecule has 0 bridgehead atoms. The van der Waals surface area contributed by atoms with Gasteiger partial charge in [0.1, 0.15) is 0 Å². The minimum atomic E-state index is -0.239. The van der Waals surface area contributed by atoms with Crippen molar-refractivity contribution >= 4 is 5.91 Å². The molecular weight excluding hydrogens is 240 g/mol. The van der Waals surface area contributed by atoms with Gasteiger partial charge in [0.2, 0.25) is 5.91 Å². The molecule has 19 heavy (non-hydrogen) atoms. The number of carbonyl (C=O) groups is 1. The van der Waals surface area contributed by atoms with Gasteiger partial charge in [0.15, 0.2) is 0 Å². The second-order valence-electron chi connectivity index (χ2n) is 6.40. The lowest BCUT2D eigenvalue weighted by atomic mass is 9.98. The van der Waals surface area contributed by atoms with Crippen LogP contribution in [-0.2, 0) is 9.53 Å². The van der Waals surface area contributed by atoms with Crippen LogP contribution in [0.2, 0.25) is 0 Å². The lowest BCUT2D eigenvalue weighted by molar-refractivity contribution is -0.133. The van der Waals surface area contributed by atoms with Crippen LogP contribution >= 0.6 is 0 Å². The molecule has 0 aromatic heterocycles. The van der Waals surface area contributed by atoms with Gasteiger partial charge in [-0.25, -0.2) is 0 Å². The van der Waals surface area contributed by atoms with E-state index < -0.39 is 0 Å². The quantitative estimate of drug-likeness (QED) is 0.750. The van der Waals surface area contributed by atoms with E-state index in [-0.39, 0.29) is 11.7 Å². The van der Waals surface area contributed by atoms with Crippen molar-refractivity contribution < 1.29 is 9.53 Å². The van der Waals surface area contributed by atoms with Crippen molar-refractivity contribution in [3.05, 3.63) is 0 Å². The van der Waals surface area contributed by atoms with Crippen molar-refractivity contribution in [1.29, 1.82) is 0 Å². The molecule has 0 aromatic carbocycles. The molecule has 1 aliphatic carbocycles. The molecule has 1 aliphatic heterocycles. The summed E-state index contributed by atoms with van der Waals surface area (Å²) in [5, 5.41) is 3.51. The van der Waals surface area contributed by atoms with Gasteiger partial charge in [-0.3, -0.25) is 10.1 Å². The zero-order valence-corrected chi connectivity index (χ0v) is 12.6. The Morgan fingerprint density at radius 2 is 2.05 bits per heavy atom. The van der Waals surface area contributed by atoms with E-state index in [1.165, 1.54) is 12.8 Å². The minimum absolute atomic E-state index is 0.152. The second-order valence-corrected chi connectivity index (χ2v) is 6.40. The van der Waals surface area contributed by atoms with Gasteiger partial charge in [-0.1, -0.05) is 26.7 Å². The fourth-order valence-corrected chi connectivity index (χ4v) is 3.21. The van der Waals surface area contributed by atoms with Gasteiger partial charge in [-0.05, 0) is 32.1 Å². The monoisotopic (exact) mass is 268 g/mol. The highest BCUT2D eigenvalue weighted by atomic mass is 16.5. The van der Waals surface area contributed by atoms with Crippen LogP contribution in [-0.4, -0.2) is 42.3 Å². The number of amides is 1. The molecule has 1 atom stereocenters. The summed E-state index contributed by atoms with van der Waals surface area (Å²) in [7, 11) is 0. The third kappa shape index (κ3) is 3.29. The van der Waals surface area contributed by atoms with Crippen molar-refractivity contribution in [2.75, 3.05) is 19.8 Å². The topological polar surface area (TPSA) is 41.6 Å². The van der Waals surface area contributed by atoms with Crippen LogP contribution in [0.1, 0.15) is 52.9 Å². The van der Waals surface area contributed by atoms with Crippen LogP contribution in [0.15, 0.2) is 0 Å². The molecule has 1 N–H and O–H groups in total. The Morgan fingerprint density at radius 1 is 1.37 bits per heavy atom. The Kier molecular flexibility index (Phi) is 4.85. The van der Waals surface area contributed by atoms with E-state index >= 15 is 0 Å². The first-order valence-corrected chi connectivity index (χ1v) is 7.72. The summed E-state index contributed by atoms with van der Waals surface area (Å²) in [6, 6.07) is 0. The summed E-state index contributed by atoms with van der Waals surface area (Å²) >= 11 is 0. The van der Waals surface area contributed by atoms with Crippen molar-refractivity contribution in [2.24, 2.45) is 5.92 Å². The highest BCUT2D eigenvalue weighted by Crippen LogP contribution is 2.36. The van der Waals surface area contributed by atoms with E-state index in [1.54, 1.807) is 0 Å². The Hall–Kier alpha value is -0.610. The summed E-state index contributed by atoms with van der Waals surface area (Å²) in [6.45, 7) is 8.64. The number of hydrogen-bond donors (Lipinski definition) is 1. The highest BCUT2D eigenvalue weighted by Gasteiger charge is 2.50. The largest absolute Gasteiger partial charge is 0.380 e. The van der Waals surface area contributed by atoms with Gasteiger partial charge in [0, 0.05) is 13.2 Å². The Balaban J connectivity index is 1.76. The Bertz CT molecular complexity index is 311. The third-order valence-corrected chi connectivity index (χ3v) is 4.40. The lowest BCUT2D eigenvalue weighted by Crippen LogP contribution is -2.44. The fourth-order valence-electron chi connectivity index (χ4n) is 3.21. The number of carbonyl (C=O) groups excluding carboxylic acids is 1. The predicted octanol–water partition coefficient (Wildman–Crippen LogP) is 2.14. The number of ether oxygens (including phenoxy) is 1. The molecule has 1 heterocycles. The summed E-state index contributed by atoms with van der Waals surface area (Å²) < 4.78 is 5.63. The van der Waals surface area contributed by atoms with Gasteiger partial charge in [0.05, 0.1) is 18.3 Å². The van der Waals surface area contributed by atoms with E-state index in [0.717, 1.165) is 25.9 Å². The molecule has 0 aromatic rings. The van der Waals surface area contributed by atoms with Crippen molar-refractivity contribution in [1.82, 2.24) is 10.2 Å². The number of rotatable bonds is 6. The smallest absolute Gasteiger partial charge is 0.244 e. The van der Waals surface area contributed by atoms with Crippen LogP contribution in [0, 0.1) is 5.92 Å². The average molecular weight is 268 g/mol. The molecule has 1 saturated carbocycles. The molecule has 2 rings (SSSR count). The Labute approximate surface area is 116 Å². The number of nitrogens with zero attached hydrogens (tertiary/aromatic N) is 1. The molecule has 110 valence electrons. The second kappa shape index (κ2) is 6.23. The van der Waals surface area contributed by atoms with Crippen LogP contribution in [0.3, 0.4) is 0 Å². The first-order valence-electron chi connectivity index (χ1n) is 7.72.